The SMILES string of the molecule is c1ccc2c(c1)Sc1cc3c(cc1C21c2ccccc2-n2c4ccccc4c4cccc1c42)c1ccccc1n3-c1ccc(-c2cccc3cccnc23)cc1. The zero-order valence-corrected chi connectivity index (χ0v) is 31.0. The van der Waals surface area contributed by atoms with E-state index < -0.39 is 5.41 Å². The summed E-state index contributed by atoms with van der Waals surface area (Å²) in [6.07, 6.45) is 1.88. The van der Waals surface area contributed by atoms with Crippen LogP contribution in [0.25, 0.3) is 77.0 Å². The van der Waals surface area contributed by atoms with E-state index in [-0.39, 0.29) is 0 Å². The van der Waals surface area contributed by atoms with Gasteiger partial charge in [-0.25, -0.2) is 0 Å². The van der Waals surface area contributed by atoms with Gasteiger partial charge >= 0.3 is 0 Å². The number of hydrogen-bond acceptors (Lipinski definition) is 2. The molecule has 4 heteroatoms. The minimum Gasteiger partial charge on any atom is -0.309 e. The second kappa shape index (κ2) is 11.1. The van der Waals surface area contributed by atoms with Gasteiger partial charge < -0.3 is 9.13 Å². The summed E-state index contributed by atoms with van der Waals surface area (Å²) in [7, 11) is 0. The molecule has 11 aromatic rings. The predicted molar refractivity (Wildman–Crippen MR) is 232 cm³/mol. The van der Waals surface area contributed by atoms with Crippen LogP contribution in [0.3, 0.4) is 0 Å². The Morgan fingerprint density at radius 2 is 1.12 bits per heavy atom. The topological polar surface area (TPSA) is 22.8 Å². The summed E-state index contributed by atoms with van der Waals surface area (Å²) in [5, 5.41) is 6.25. The number of aromatic nitrogens is 3. The number of hydrogen-bond donors (Lipinski definition) is 0. The molecule has 8 aromatic carbocycles. The first kappa shape index (κ1) is 30.4. The summed E-state index contributed by atoms with van der Waals surface area (Å²) in [6, 6.07) is 67.6. The molecule has 1 unspecified atom stereocenters. The van der Waals surface area contributed by atoms with Crippen molar-refractivity contribution < 1.29 is 0 Å². The van der Waals surface area contributed by atoms with Gasteiger partial charge in [-0.05, 0) is 82.4 Å². The van der Waals surface area contributed by atoms with Crippen molar-refractivity contribution in [3.63, 3.8) is 0 Å². The summed E-state index contributed by atoms with van der Waals surface area (Å²) >= 11 is 1.90. The number of rotatable bonds is 2. The van der Waals surface area contributed by atoms with E-state index in [4.69, 9.17) is 4.98 Å². The molecule has 1 atom stereocenters. The summed E-state index contributed by atoms with van der Waals surface area (Å²) in [5.74, 6) is 0. The van der Waals surface area contributed by atoms with Crippen molar-refractivity contribution in [3.8, 4) is 22.5 Å². The lowest BCUT2D eigenvalue weighted by molar-refractivity contribution is 0.691. The molecule has 0 saturated heterocycles. The van der Waals surface area contributed by atoms with Gasteiger partial charge in [-0.2, -0.15) is 0 Å². The first-order chi connectivity index (χ1) is 27.8. The highest BCUT2D eigenvalue weighted by Crippen LogP contribution is 2.61. The van der Waals surface area contributed by atoms with Crippen molar-refractivity contribution in [2.45, 2.75) is 15.2 Å². The third-order valence-electron chi connectivity index (χ3n) is 12.4. The van der Waals surface area contributed by atoms with Crippen LogP contribution in [0.2, 0.25) is 0 Å². The molecule has 0 aliphatic carbocycles. The summed E-state index contributed by atoms with van der Waals surface area (Å²) < 4.78 is 4.98. The van der Waals surface area contributed by atoms with Crippen LogP contribution in [0.1, 0.15) is 22.3 Å². The van der Waals surface area contributed by atoms with E-state index in [0.29, 0.717) is 0 Å². The highest BCUT2D eigenvalue weighted by Gasteiger charge is 2.49. The molecule has 0 amide bonds. The van der Waals surface area contributed by atoms with Gasteiger partial charge in [-0.3, -0.25) is 4.98 Å². The zero-order valence-electron chi connectivity index (χ0n) is 30.1. The smallest absolute Gasteiger partial charge is 0.0780 e. The van der Waals surface area contributed by atoms with Crippen molar-refractivity contribution in [3.05, 3.63) is 210 Å². The fourth-order valence-electron chi connectivity index (χ4n) is 10.2. The van der Waals surface area contributed by atoms with Crippen molar-refractivity contribution in [2.24, 2.45) is 0 Å². The maximum Gasteiger partial charge on any atom is 0.0780 e. The van der Waals surface area contributed by atoms with E-state index in [1.807, 2.05) is 24.0 Å². The molecule has 5 heterocycles. The van der Waals surface area contributed by atoms with Gasteiger partial charge in [-0.15, -0.1) is 0 Å². The number of fused-ring (bicyclic) bond motifs is 15. The first-order valence-corrected chi connectivity index (χ1v) is 20.0. The quantitative estimate of drug-likeness (QED) is 0.177. The Hall–Kier alpha value is -6.88. The van der Waals surface area contributed by atoms with Crippen molar-refractivity contribution in [2.75, 3.05) is 0 Å². The normalized spacial score (nSPS) is 15.5. The van der Waals surface area contributed by atoms with E-state index in [9.17, 15) is 0 Å². The average molecular weight is 730 g/mol. The maximum atomic E-state index is 4.75. The monoisotopic (exact) mass is 729 g/mol. The van der Waals surface area contributed by atoms with E-state index in [1.54, 1.807) is 0 Å². The molecule has 56 heavy (non-hydrogen) atoms. The van der Waals surface area contributed by atoms with Crippen LogP contribution in [-0.2, 0) is 5.41 Å². The fourth-order valence-corrected chi connectivity index (χ4v) is 11.4. The van der Waals surface area contributed by atoms with E-state index >= 15 is 0 Å². The van der Waals surface area contributed by atoms with Gasteiger partial charge in [0.1, 0.15) is 0 Å². The highest BCUT2D eigenvalue weighted by molar-refractivity contribution is 7.99. The van der Waals surface area contributed by atoms with Gasteiger partial charge in [0, 0.05) is 54.2 Å². The highest BCUT2D eigenvalue weighted by atomic mass is 32.2. The van der Waals surface area contributed by atoms with E-state index in [0.717, 1.165) is 27.7 Å². The van der Waals surface area contributed by atoms with Crippen LogP contribution in [0.15, 0.2) is 198 Å². The third kappa shape index (κ3) is 3.81. The molecule has 0 fully saturated rings. The molecule has 13 rings (SSSR count). The first-order valence-electron chi connectivity index (χ1n) is 19.2. The van der Waals surface area contributed by atoms with Crippen molar-refractivity contribution in [1.82, 2.24) is 14.1 Å². The third-order valence-corrected chi connectivity index (χ3v) is 13.5. The van der Waals surface area contributed by atoms with Gasteiger partial charge in [-0.1, -0.05) is 139 Å². The van der Waals surface area contributed by atoms with Gasteiger partial charge in [0.15, 0.2) is 0 Å². The van der Waals surface area contributed by atoms with Crippen LogP contribution in [0, 0.1) is 0 Å². The molecular weight excluding hydrogens is 699 g/mol. The summed E-state index contributed by atoms with van der Waals surface area (Å²) in [5.41, 5.74) is 15.5. The zero-order chi connectivity index (χ0) is 36.5. The van der Waals surface area contributed by atoms with Crippen molar-refractivity contribution in [1.29, 1.82) is 0 Å². The van der Waals surface area contributed by atoms with Gasteiger partial charge in [0.25, 0.3) is 0 Å². The Kier molecular flexibility index (Phi) is 6.03. The van der Waals surface area contributed by atoms with Gasteiger partial charge in [0.05, 0.1) is 38.7 Å². The van der Waals surface area contributed by atoms with Crippen LogP contribution in [-0.4, -0.2) is 14.1 Å². The lowest BCUT2D eigenvalue weighted by atomic mass is 9.62. The molecule has 2 aliphatic rings. The second-order valence-corrected chi connectivity index (χ2v) is 16.1. The Balaban J connectivity index is 1.11. The molecule has 3 nitrogen and oxygen atoms in total. The molecular formula is C52H31N3S. The number of para-hydroxylation sites is 5. The molecule has 0 saturated carbocycles. The van der Waals surface area contributed by atoms with E-state index in [1.165, 1.54) is 81.3 Å². The number of nitrogens with zero attached hydrogens (tertiary/aromatic N) is 3. The van der Waals surface area contributed by atoms with Crippen LogP contribution >= 0.6 is 11.8 Å². The molecule has 0 bridgehead atoms. The minimum absolute atomic E-state index is 0.525. The predicted octanol–water partition coefficient (Wildman–Crippen LogP) is 13.3. The Labute approximate surface area is 327 Å². The number of pyridine rings is 1. The molecule has 0 N–H and O–H groups in total. The lowest BCUT2D eigenvalue weighted by Crippen LogP contribution is -2.37. The summed E-state index contributed by atoms with van der Waals surface area (Å²) in [6.45, 7) is 0. The molecule has 2 aliphatic heterocycles. The van der Waals surface area contributed by atoms with Gasteiger partial charge in [0.2, 0.25) is 0 Å². The molecule has 3 aromatic heterocycles. The maximum absolute atomic E-state index is 4.75. The second-order valence-electron chi connectivity index (χ2n) is 15.1. The molecule has 1 spiro atoms. The lowest BCUT2D eigenvalue weighted by Gasteiger charge is -2.45. The largest absolute Gasteiger partial charge is 0.309 e. The van der Waals surface area contributed by atoms with Crippen LogP contribution < -0.4 is 0 Å². The Bertz CT molecular complexity index is 3460. The Morgan fingerprint density at radius 3 is 2.00 bits per heavy atom. The fraction of sp³-hybridized carbons (Fsp3) is 0.0192. The Morgan fingerprint density at radius 1 is 0.446 bits per heavy atom. The van der Waals surface area contributed by atoms with E-state index in [2.05, 4.69) is 185 Å². The number of benzene rings is 8. The van der Waals surface area contributed by atoms with Crippen LogP contribution in [0.4, 0.5) is 0 Å². The standard InChI is InChI=1S/C52H31N3S/c1-6-22-45-36(14-1)38-17-10-20-42-51(38)55(45)46-23-7-3-18-40(46)52(42)41-19-4-8-24-48(41)56-49-31-47-39(30-43(49)52)37-15-2-5-21-44(37)54(47)34-27-25-32(26-28-34)35-16-9-12-33-13-11-29-53-50(33)35/h1-31H. The summed E-state index contributed by atoms with van der Waals surface area (Å²) in [4.78, 5) is 7.33. The molecule has 260 valence electrons. The van der Waals surface area contributed by atoms with Crippen molar-refractivity contribution >= 4 is 66.3 Å². The molecule has 0 radical (unpaired) electrons. The average Bonchev–Trinajstić information content (AvgIpc) is 3.77. The minimum atomic E-state index is -0.525. The van der Waals surface area contributed by atoms with Crippen LogP contribution in [0.5, 0.6) is 0 Å².